The zero-order valence-corrected chi connectivity index (χ0v) is 36.7. The molecule has 1 unspecified atom stereocenters. The molecule has 3 aliphatic rings. The van der Waals surface area contributed by atoms with Crippen LogP contribution in [0.1, 0.15) is 100 Å². The zero-order chi connectivity index (χ0) is 46.5. The molecule has 6 N–H and O–H groups in total. The van der Waals surface area contributed by atoms with E-state index in [0.717, 1.165) is 16.5 Å². The summed E-state index contributed by atoms with van der Waals surface area (Å²) in [6, 6.07) is 2.01. The van der Waals surface area contributed by atoms with Crippen LogP contribution in [-0.2, 0) is 63.4 Å². The predicted octanol–water partition coefficient (Wildman–Crippen LogP) is 1.73. The summed E-state index contributed by atoms with van der Waals surface area (Å²) in [4.78, 5) is 94.3. The van der Waals surface area contributed by atoms with Gasteiger partial charge in [-0.1, -0.05) is 13.3 Å². The molecule has 344 valence electrons. The van der Waals surface area contributed by atoms with E-state index >= 15 is 4.39 Å². The molecule has 2 aromatic heterocycles. The number of pyridine rings is 2. The molecule has 19 heteroatoms. The molecule has 5 atom stereocenters. The number of fused-ring (bicyclic) bond motifs is 5. The van der Waals surface area contributed by atoms with Gasteiger partial charge in [0.25, 0.3) is 5.56 Å². The number of hydrogen-bond acceptors (Lipinski definition) is 12. The van der Waals surface area contributed by atoms with Crippen molar-refractivity contribution in [3.05, 3.63) is 74.3 Å². The number of rotatable bonds is 20. The fraction of sp³-hybridized carbons (Fsp3) is 0.511. The van der Waals surface area contributed by atoms with E-state index in [-0.39, 0.29) is 67.8 Å². The largest absolute Gasteiger partial charge is 0.458 e. The van der Waals surface area contributed by atoms with Gasteiger partial charge in [0.15, 0.2) is 5.60 Å². The Bertz CT molecular complexity index is 2440. The first kappa shape index (κ1) is 47.4. The molecule has 0 saturated heterocycles. The first-order valence-corrected chi connectivity index (χ1v) is 21.7. The van der Waals surface area contributed by atoms with E-state index in [0.29, 0.717) is 67.5 Å². The van der Waals surface area contributed by atoms with Gasteiger partial charge in [-0.15, -0.1) is 0 Å². The first-order chi connectivity index (χ1) is 30.4. The molecule has 64 heavy (non-hydrogen) atoms. The summed E-state index contributed by atoms with van der Waals surface area (Å²) in [5.41, 5.74) is 1.41. The smallest absolute Gasteiger partial charge is 0.343 e. The molecular weight excluding hydrogens is 834 g/mol. The van der Waals surface area contributed by atoms with Crippen LogP contribution >= 0.6 is 0 Å². The van der Waals surface area contributed by atoms with Crippen LogP contribution in [0.5, 0.6) is 0 Å². The van der Waals surface area contributed by atoms with Crippen molar-refractivity contribution in [1.29, 1.82) is 0 Å². The molecule has 18 nitrogen and oxygen atoms in total. The van der Waals surface area contributed by atoms with Crippen LogP contribution < -0.4 is 26.8 Å². The highest BCUT2D eigenvalue weighted by molar-refractivity contribution is 5.94. The van der Waals surface area contributed by atoms with Gasteiger partial charge in [-0.05, 0) is 95.6 Å². The average molecular weight is 890 g/mol. The van der Waals surface area contributed by atoms with Gasteiger partial charge in [-0.2, -0.15) is 0 Å². The maximum absolute atomic E-state index is 15.3. The topological polar surface area (TPSA) is 248 Å². The Balaban J connectivity index is 0.904. The van der Waals surface area contributed by atoms with Crippen molar-refractivity contribution in [2.24, 2.45) is 0 Å². The highest BCUT2D eigenvalue weighted by Crippen LogP contribution is 2.39. The second kappa shape index (κ2) is 20.2. The monoisotopic (exact) mass is 889 g/mol. The van der Waals surface area contributed by atoms with Crippen LogP contribution in [0.3, 0.4) is 0 Å². The average Bonchev–Trinajstić information content (AvgIpc) is 3.79. The summed E-state index contributed by atoms with van der Waals surface area (Å²) in [5.74, 6) is -3.54. The fourth-order valence-electron chi connectivity index (χ4n) is 8.11. The van der Waals surface area contributed by atoms with Crippen LogP contribution in [0.2, 0.25) is 0 Å². The second-order valence-corrected chi connectivity index (χ2v) is 16.5. The quantitative estimate of drug-likeness (QED) is 0.0422. The van der Waals surface area contributed by atoms with Crippen molar-refractivity contribution >= 4 is 46.4 Å². The minimum atomic E-state index is -1.96. The number of esters is 1. The number of nitrogens with one attached hydrogen (secondary N) is 4. The Morgan fingerprint density at radius 3 is 2.36 bits per heavy atom. The third kappa shape index (κ3) is 10.2. The number of halogens is 1. The van der Waals surface area contributed by atoms with Crippen LogP contribution in [-0.4, -0.2) is 104 Å². The number of hydrogen-bond donors (Lipinski definition) is 6. The number of nitrogens with zero attached hydrogens (tertiary/aromatic N) is 3. The van der Waals surface area contributed by atoms with Crippen LogP contribution in [0, 0.1) is 12.7 Å². The molecule has 0 fully saturated rings. The Morgan fingerprint density at radius 2 is 1.67 bits per heavy atom. The molecule has 3 aromatic rings. The van der Waals surface area contributed by atoms with Gasteiger partial charge in [0.2, 0.25) is 29.5 Å². The maximum atomic E-state index is 15.3. The number of ether oxygens (including phenoxy) is 2. The lowest BCUT2D eigenvalue weighted by Crippen LogP contribution is -2.54. The summed E-state index contributed by atoms with van der Waals surface area (Å²) >= 11 is 0. The van der Waals surface area contributed by atoms with Gasteiger partial charge < -0.3 is 50.4 Å². The van der Waals surface area contributed by atoms with E-state index in [4.69, 9.17) is 14.5 Å². The number of cyclic esters (lactones) is 1. The minimum Gasteiger partial charge on any atom is -0.458 e. The standard InChI is InChI=1S/C45H56FN7O11/c1-6-45(62)32-19-35-39-28(21-53(35)43(60)31(32)22-64-44(45)61)18-30-29(24(2)33(46)20-34(30)51-39)12-9-11-17-63-23-47-40(57)25(3)49-42(59)27(5)50-41(58)26(4)48-36(54)13-8-7-10-16-52-37(55)14-15-38(52)56/h14-15,18-20,25-27,37,55,62H,6-13,16-17,21-23H2,1-5H3,(H,47,57)(H,48,54)(H,49,59)(H,50,58)/t25-,26-,27-,37?,45-/m0/s1. The van der Waals surface area contributed by atoms with Crippen LogP contribution in [0.15, 0.2) is 35.1 Å². The molecule has 0 saturated carbocycles. The molecule has 0 aliphatic carbocycles. The summed E-state index contributed by atoms with van der Waals surface area (Å²) in [6.45, 7) is 8.25. The van der Waals surface area contributed by atoms with E-state index in [1.54, 1.807) is 19.9 Å². The van der Waals surface area contributed by atoms with E-state index in [2.05, 4.69) is 21.3 Å². The number of amides is 5. The van der Waals surface area contributed by atoms with Crippen molar-refractivity contribution in [3.63, 3.8) is 0 Å². The Hall–Kier alpha value is -6.05. The highest BCUT2D eigenvalue weighted by Gasteiger charge is 2.45. The number of aliphatic hydroxyl groups is 2. The summed E-state index contributed by atoms with van der Waals surface area (Å²) < 4.78 is 27.6. The number of carbonyl (C=O) groups is 6. The first-order valence-electron chi connectivity index (χ1n) is 21.7. The molecule has 3 aliphatic heterocycles. The SMILES string of the molecule is CC[C@@]1(O)C(=O)OCc2c1cc1n(c2=O)Cc2cc3c(CCCCOCNC(=O)[C@H](C)NC(=O)[C@H](C)NC(=O)[C@H](C)NC(=O)CCCCCN4C(=O)C=CC4O)c(C)c(F)cc3nc2-1. The van der Waals surface area contributed by atoms with Crippen molar-refractivity contribution < 1.29 is 52.8 Å². The van der Waals surface area contributed by atoms with Crippen molar-refractivity contribution in [3.8, 4) is 11.4 Å². The number of aryl methyl sites for hydroxylation is 1. The van der Waals surface area contributed by atoms with Gasteiger partial charge in [0, 0.05) is 48.2 Å². The highest BCUT2D eigenvalue weighted by atomic mass is 19.1. The summed E-state index contributed by atoms with van der Waals surface area (Å²) in [7, 11) is 0. The lowest BCUT2D eigenvalue weighted by Gasteiger charge is -2.31. The van der Waals surface area contributed by atoms with Gasteiger partial charge >= 0.3 is 5.97 Å². The van der Waals surface area contributed by atoms with E-state index in [1.807, 2.05) is 6.07 Å². The summed E-state index contributed by atoms with van der Waals surface area (Å²) in [6.07, 6.45) is 5.44. The molecular formula is C45H56FN7O11. The molecule has 5 heterocycles. The molecule has 5 amide bonds. The predicted molar refractivity (Wildman–Crippen MR) is 229 cm³/mol. The molecule has 1 aromatic carbocycles. The lowest BCUT2D eigenvalue weighted by molar-refractivity contribution is -0.172. The maximum Gasteiger partial charge on any atom is 0.343 e. The fourth-order valence-corrected chi connectivity index (χ4v) is 8.11. The van der Waals surface area contributed by atoms with Crippen molar-refractivity contribution in [1.82, 2.24) is 35.7 Å². The molecule has 6 rings (SSSR count). The Labute approximate surface area is 368 Å². The lowest BCUT2D eigenvalue weighted by atomic mass is 9.86. The number of benzene rings is 1. The zero-order valence-electron chi connectivity index (χ0n) is 36.7. The Kier molecular flexibility index (Phi) is 15.0. The summed E-state index contributed by atoms with van der Waals surface area (Å²) in [5, 5.41) is 31.9. The molecule has 0 spiro atoms. The minimum absolute atomic E-state index is 0.0175. The molecule has 0 bridgehead atoms. The number of unbranched alkanes of at least 4 members (excludes halogenated alkanes) is 3. The number of aliphatic hydroxyl groups excluding tert-OH is 1. The van der Waals surface area contributed by atoms with Crippen LogP contribution in [0.25, 0.3) is 22.3 Å². The third-order valence-electron chi connectivity index (χ3n) is 12.0. The molecule has 0 radical (unpaired) electrons. The van der Waals surface area contributed by atoms with Gasteiger partial charge in [0.05, 0.1) is 29.0 Å². The second-order valence-electron chi connectivity index (χ2n) is 16.5. The van der Waals surface area contributed by atoms with Crippen molar-refractivity contribution in [2.45, 2.75) is 129 Å². The normalized spacial score (nSPS) is 18.8. The van der Waals surface area contributed by atoms with Gasteiger partial charge in [-0.25, -0.2) is 14.2 Å². The Morgan fingerprint density at radius 1 is 0.969 bits per heavy atom. The third-order valence-corrected chi connectivity index (χ3v) is 12.0. The number of aromatic nitrogens is 2. The van der Waals surface area contributed by atoms with E-state index < -0.39 is 59.5 Å². The van der Waals surface area contributed by atoms with Gasteiger partial charge in [-0.3, -0.25) is 28.8 Å². The van der Waals surface area contributed by atoms with Crippen molar-refractivity contribution in [2.75, 3.05) is 19.9 Å². The van der Waals surface area contributed by atoms with Gasteiger partial charge in [0.1, 0.15) is 43.5 Å². The van der Waals surface area contributed by atoms with E-state index in [1.165, 1.54) is 48.5 Å². The van der Waals surface area contributed by atoms with E-state index in [9.17, 15) is 43.8 Å². The number of carbonyl (C=O) groups excluding carboxylic acids is 6. The van der Waals surface area contributed by atoms with Crippen LogP contribution in [0.4, 0.5) is 4.39 Å².